The molecule has 0 saturated carbocycles. The zero-order chi connectivity index (χ0) is 12.6. The van der Waals surface area contributed by atoms with Crippen molar-refractivity contribution in [2.75, 3.05) is 6.54 Å². The Balaban J connectivity index is 3.96. The van der Waals surface area contributed by atoms with Gasteiger partial charge in [0.1, 0.15) is 0 Å². The van der Waals surface area contributed by atoms with Gasteiger partial charge in [-0.1, -0.05) is 49.9 Å². The van der Waals surface area contributed by atoms with Crippen LogP contribution < -0.4 is 5.32 Å². The first-order valence-electron chi connectivity index (χ1n) is 5.13. The van der Waals surface area contributed by atoms with Gasteiger partial charge in [0.05, 0.1) is 0 Å². The molecular weight excluding hydrogens is 222 g/mol. The van der Waals surface area contributed by atoms with Crippen molar-refractivity contribution in [2.45, 2.75) is 20.3 Å². The number of carbonyl (C=O) groups excluding carboxylic acids is 1. The molecule has 0 aromatic rings. The largest absolute Gasteiger partial charge is 0.349 e. The van der Waals surface area contributed by atoms with E-state index >= 15 is 0 Å². The van der Waals surface area contributed by atoms with Crippen LogP contribution in [0, 0.1) is 0 Å². The second kappa shape index (κ2) is 7.94. The van der Waals surface area contributed by atoms with E-state index in [0.29, 0.717) is 23.6 Å². The molecule has 0 saturated heterocycles. The minimum atomic E-state index is -0.102. The summed E-state index contributed by atoms with van der Waals surface area (Å²) in [5.74, 6) is -0.102. The molecule has 16 heavy (non-hydrogen) atoms. The molecule has 0 fully saturated rings. The summed E-state index contributed by atoms with van der Waals surface area (Å²) < 4.78 is 0. The van der Waals surface area contributed by atoms with Crippen LogP contribution in [0.2, 0.25) is 0 Å². The minimum absolute atomic E-state index is 0.102. The van der Waals surface area contributed by atoms with Gasteiger partial charge in [0.2, 0.25) is 5.91 Å². The van der Waals surface area contributed by atoms with Gasteiger partial charge < -0.3 is 5.32 Å². The number of amides is 1. The van der Waals surface area contributed by atoms with Gasteiger partial charge in [-0.15, -0.1) is 0 Å². The number of allylic oxidation sites excluding steroid dienone is 4. The molecule has 0 rings (SSSR count). The first-order chi connectivity index (χ1) is 7.49. The maximum Gasteiger partial charge on any atom is 0.246 e. The second-order valence-corrected chi connectivity index (χ2v) is 3.81. The van der Waals surface area contributed by atoms with E-state index in [0.717, 1.165) is 5.57 Å². The van der Waals surface area contributed by atoms with Crippen LogP contribution in [0.4, 0.5) is 0 Å². The highest BCUT2D eigenvalue weighted by molar-refractivity contribution is 6.31. The highest BCUT2D eigenvalue weighted by Gasteiger charge is 2.00. The lowest BCUT2D eigenvalue weighted by Gasteiger charge is -2.01. The molecule has 0 aliphatic rings. The Bertz CT molecular complexity index is 340. The molecule has 2 nitrogen and oxygen atoms in total. The van der Waals surface area contributed by atoms with Gasteiger partial charge in [-0.2, -0.15) is 0 Å². The van der Waals surface area contributed by atoms with Gasteiger partial charge in [-0.25, -0.2) is 0 Å². The molecule has 0 heterocycles. The molecule has 0 aliphatic carbocycles. The summed E-state index contributed by atoms with van der Waals surface area (Å²) in [6.45, 7) is 11.5. The Morgan fingerprint density at radius 1 is 1.44 bits per heavy atom. The van der Waals surface area contributed by atoms with Crippen LogP contribution in [-0.2, 0) is 4.79 Å². The molecule has 0 unspecified atom stereocenters. The third kappa shape index (κ3) is 6.25. The van der Waals surface area contributed by atoms with Gasteiger partial charge in [-0.3, -0.25) is 4.79 Å². The summed E-state index contributed by atoms with van der Waals surface area (Å²) in [5, 5.41) is 3.25. The zero-order valence-corrected chi connectivity index (χ0v) is 10.6. The monoisotopic (exact) mass is 239 g/mol. The molecular formula is C13H18ClNO. The highest BCUT2D eigenvalue weighted by atomic mass is 35.5. The molecule has 0 spiro atoms. The Kier molecular flexibility index (Phi) is 7.31. The molecule has 0 bridgehead atoms. The Morgan fingerprint density at radius 2 is 2.06 bits per heavy atom. The van der Waals surface area contributed by atoms with E-state index in [9.17, 15) is 4.79 Å². The number of nitrogens with one attached hydrogen (secondary N) is 1. The molecule has 3 heteroatoms. The Hall–Kier alpha value is -1.28. The lowest BCUT2D eigenvalue weighted by molar-refractivity contribution is -0.117. The van der Waals surface area contributed by atoms with E-state index in [1.165, 1.54) is 0 Å². The molecule has 0 aromatic carbocycles. The fraction of sp³-hybridized carbons (Fsp3) is 0.308. The lowest BCUT2D eigenvalue weighted by Crippen LogP contribution is -2.24. The summed E-state index contributed by atoms with van der Waals surface area (Å²) in [4.78, 5) is 11.3. The molecule has 88 valence electrons. The summed E-state index contributed by atoms with van der Waals surface area (Å²) in [6, 6.07) is 0. The number of hydrogen-bond acceptors (Lipinski definition) is 1. The van der Waals surface area contributed by atoms with Crippen molar-refractivity contribution in [1.82, 2.24) is 5.32 Å². The van der Waals surface area contributed by atoms with E-state index in [-0.39, 0.29) is 5.91 Å². The minimum Gasteiger partial charge on any atom is -0.349 e. The topological polar surface area (TPSA) is 29.1 Å². The normalized spacial score (nSPS) is 11.6. The molecule has 0 aliphatic heterocycles. The van der Waals surface area contributed by atoms with Crippen molar-refractivity contribution in [3.05, 3.63) is 47.6 Å². The number of carbonyl (C=O) groups is 1. The SMILES string of the molecule is C=C(CC)C(=O)NC/C=C/C=C(/C)C(=C)Cl. The average molecular weight is 240 g/mol. The summed E-state index contributed by atoms with van der Waals surface area (Å²) >= 11 is 5.67. The molecule has 1 amide bonds. The van der Waals surface area contributed by atoms with Crippen molar-refractivity contribution in [3.63, 3.8) is 0 Å². The maximum atomic E-state index is 11.3. The number of hydrogen-bond donors (Lipinski definition) is 1. The van der Waals surface area contributed by atoms with E-state index in [1.807, 2.05) is 32.1 Å². The quantitative estimate of drug-likeness (QED) is 0.559. The van der Waals surface area contributed by atoms with Crippen molar-refractivity contribution >= 4 is 17.5 Å². The lowest BCUT2D eigenvalue weighted by atomic mass is 10.2. The molecule has 0 radical (unpaired) electrons. The highest BCUT2D eigenvalue weighted by Crippen LogP contribution is 2.10. The van der Waals surface area contributed by atoms with Crippen molar-refractivity contribution in [3.8, 4) is 0 Å². The number of halogens is 1. The van der Waals surface area contributed by atoms with Crippen molar-refractivity contribution < 1.29 is 4.79 Å². The summed E-state index contributed by atoms with van der Waals surface area (Å²) in [5.41, 5.74) is 1.50. The van der Waals surface area contributed by atoms with Crippen LogP contribution in [0.5, 0.6) is 0 Å². The molecule has 0 atom stereocenters. The predicted molar refractivity (Wildman–Crippen MR) is 70.3 cm³/mol. The fourth-order valence-corrected chi connectivity index (χ4v) is 0.871. The van der Waals surface area contributed by atoms with Crippen LogP contribution in [0.3, 0.4) is 0 Å². The standard InChI is InChI=1S/C13H18ClNO/c1-5-10(2)13(16)15-9-7-6-8-11(3)12(4)14/h6-8H,2,4-5,9H2,1,3H3,(H,15,16)/b7-6+,11-8-. The smallest absolute Gasteiger partial charge is 0.246 e. The zero-order valence-electron chi connectivity index (χ0n) is 9.85. The van der Waals surface area contributed by atoms with E-state index < -0.39 is 0 Å². The first kappa shape index (κ1) is 14.7. The van der Waals surface area contributed by atoms with E-state index in [1.54, 1.807) is 0 Å². The van der Waals surface area contributed by atoms with Gasteiger partial charge in [0, 0.05) is 17.2 Å². The summed E-state index contributed by atoms with van der Waals surface area (Å²) in [6.07, 6.45) is 6.18. The third-order valence-electron chi connectivity index (χ3n) is 2.04. The predicted octanol–water partition coefficient (Wildman–Crippen LogP) is 3.32. The fourth-order valence-electron chi connectivity index (χ4n) is 0.808. The van der Waals surface area contributed by atoms with Crippen LogP contribution >= 0.6 is 11.6 Å². The summed E-state index contributed by atoms with van der Waals surface area (Å²) in [7, 11) is 0. The van der Waals surface area contributed by atoms with Crippen LogP contribution in [0.1, 0.15) is 20.3 Å². The van der Waals surface area contributed by atoms with Crippen LogP contribution in [-0.4, -0.2) is 12.5 Å². The second-order valence-electron chi connectivity index (χ2n) is 3.35. The Morgan fingerprint density at radius 3 is 2.56 bits per heavy atom. The average Bonchev–Trinajstić information content (AvgIpc) is 2.26. The van der Waals surface area contributed by atoms with E-state index in [4.69, 9.17) is 11.6 Å². The first-order valence-corrected chi connectivity index (χ1v) is 5.51. The Labute approximate surface area is 102 Å². The van der Waals surface area contributed by atoms with Crippen molar-refractivity contribution in [2.24, 2.45) is 0 Å². The van der Waals surface area contributed by atoms with Gasteiger partial charge in [0.25, 0.3) is 0 Å². The molecule has 1 N–H and O–H groups in total. The number of rotatable bonds is 6. The maximum absolute atomic E-state index is 11.3. The van der Waals surface area contributed by atoms with Gasteiger partial charge in [0.15, 0.2) is 0 Å². The van der Waals surface area contributed by atoms with E-state index in [2.05, 4.69) is 18.5 Å². The van der Waals surface area contributed by atoms with Crippen molar-refractivity contribution in [1.29, 1.82) is 0 Å². The third-order valence-corrected chi connectivity index (χ3v) is 2.34. The molecule has 0 aromatic heterocycles. The van der Waals surface area contributed by atoms with Crippen LogP contribution in [0.25, 0.3) is 0 Å². The van der Waals surface area contributed by atoms with Gasteiger partial charge in [-0.05, 0) is 18.9 Å². The van der Waals surface area contributed by atoms with Gasteiger partial charge >= 0.3 is 0 Å². The van der Waals surface area contributed by atoms with Crippen LogP contribution in [0.15, 0.2) is 47.6 Å².